The van der Waals surface area contributed by atoms with Crippen molar-refractivity contribution >= 4 is 29.3 Å². The Morgan fingerprint density at radius 3 is 2.62 bits per heavy atom. The third-order valence-electron chi connectivity index (χ3n) is 4.23. The van der Waals surface area contributed by atoms with E-state index in [1.807, 2.05) is 30.3 Å². The van der Waals surface area contributed by atoms with Crippen LogP contribution in [0.3, 0.4) is 0 Å². The van der Waals surface area contributed by atoms with Crippen molar-refractivity contribution in [3.8, 4) is 0 Å². The topological polar surface area (TPSA) is 87.3 Å². The van der Waals surface area contributed by atoms with E-state index in [1.54, 1.807) is 29.8 Å². The minimum atomic E-state index is -0.630. The zero-order chi connectivity index (χ0) is 20.8. The SMILES string of the molecule is Cc1nn(Cc2ccccc2)c(Cl)c1/C=C/C(=O)OCc1ccccc1[N+](=O)[O-]. The van der Waals surface area contributed by atoms with Crippen LogP contribution < -0.4 is 0 Å². The Balaban J connectivity index is 1.67. The van der Waals surface area contributed by atoms with Crippen molar-refractivity contribution in [3.05, 3.63) is 98.3 Å². The standard InChI is InChI=1S/C21H18ClN3O4/c1-15-18(21(22)24(23-15)13-16-7-3-2-4-8-16)11-12-20(26)29-14-17-9-5-6-10-19(17)25(27)28/h2-12H,13-14H2,1H3/b12-11+. The summed E-state index contributed by atoms with van der Waals surface area (Å²) in [6.07, 6.45) is 2.77. The third-order valence-corrected chi connectivity index (χ3v) is 4.63. The zero-order valence-electron chi connectivity index (χ0n) is 15.6. The number of halogens is 1. The number of nitrogens with zero attached hydrogens (tertiary/aromatic N) is 3. The normalized spacial score (nSPS) is 11.0. The molecular weight excluding hydrogens is 394 g/mol. The first-order valence-electron chi connectivity index (χ1n) is 8.79. The molecule has 2 aromatic carbocycles. The number of hydrogen-bond acceptors (Lipinski definition) is 5. The lowest BCUT2D eigenvalue weighted by Crippen LogP contribution is -2.03. The van der Waals surface area contributed by atoms with Crippen molar-refractivity contribution in [1.29, 1.82) is 0 Å². The highest BCUT2D eigenvalue weighted by Crippen LogP contribution is 2.23. The van der Waals surface area contributed by atoms with Crippen LogP contribution in [0.2, 0.25) is 5.15 Å². The van der Waals surface area contributed by atoms with Crippen LogP contribution in [0.25, 0.3) is 6.08 Å². The Kier molecular flexibility index (Phi) is 6.41. The average Bonchev–Trinajstić information content (AvgIpc) is 2.98. The van der Waals surface area contributed by atoms with Gasteiger partial charge in [0.05, 0.1) is 22.7 Å². The molecule has 0 aliphatic heterocycles. The minimum absolute atomic E-state index is 0.0923. The van der Waals surface area contributed by atoms with Crippen LogP contribution in [0.15, 0.2) is 60.7 Å². The Labute approximate surface area is 172 Å². The van der Waals surface area contributed by atoms with Crippen molar-refractivity contribution in [2.75, 3.05) is 0 Å². The van der Waals surface area contributed by atoms with Gasteiger partial charge in [-0.2, -0.15) is 5.10 Å². The van der Waals surface area contributed by atoms with Gasteiger partial charge >= 0.3 is 5.97 Å². The molecule has 0 fully saturated rings. The molecular formula is C21H18ClN3O4. The summed E-state index contributed by atoms with van der Waals surface area (Å²) < 4.78 is 6.78. The predicted molar refractivity (Wildman–Crippen MR) is 109 cm³/mol. The zero-order valence-corrected chi connectivity index (χ0v) is 16.4. The Morgan fingerprint density at radius 2 is 1.90 bits per heavy atom. The molecule has 3 aromatic rings. The van der Waals surface area contributed by atoms with Crippen molar-refractivity contribution in [3.63, 3.8) is 0 Å². The van der Waals surface area contributed by atoms with Gasteiger partial charge in [0.25, 0.3) is 5.69 Å². The fourth-order valence-corrected chi connectivity index (χ4v) is 3.07. The Bertz CT molecular complexity index is 1060. The van der Waals surface area contributed by atoms with Crippen LogP contribution in [0.1, 0.15) is 22.4 Å². The van der Waals surface area contributed by atoms with Gasteiger partial charge < -0.3 is 4.74 Å². The monoisotopic (exact) mass is 411 g/mol. The van der Waals surface area contributed by atoms with Gasteiger partial charge in [0.2, 0.25) is 0 Å². The van der Waals surface area contributed by atoms with E-state index < -0.39 is 10.9 Å². The van der Waals surface area contributed by atoms with Gasteiger partial charge in [-0.3, -0.25) is 10.1 Å². The van der Waals surface area contributed by atoms with Gasteiger partial charge in [-0.25, -0.2) is 9.48 Å². The molecule has 3 rings (SSSR count). The number of esters is 1. The molecule has 148 valence electrons. The van der Waals surface area contributed by atoms with Gasteiger partial charge in [-0.15, -0.1) is 0 Å². The number of nitro groups is 1. The Morgan fingerprint density at radius 1 is 1.21 bits per heavy atom. The highest BCUT2D eigenvalue weighted by atomic mass is 35.5. The van der Waals surface area contributed by atoms with Crippen LogP contribution in [0.4, 0.5) is 5.69 Å². The molecule has 0 spiro atoms. The molecule has 0 aliphatic rings. The molecule has 29 heavy (non-hydrogen) atoms. The number of carbonyl (C=O) groups is 1. The molecule has 0 radical (unpaired) electrons. The molecule has 0 amide bonds. The van der Waals surface area contributed by atoms with Gasteiger partial charge in [-0.05, 0) is 24.6 Å². The number of benzene rings is 2. The smallest absolute Gasteiger partial charge is 0.331 e. The molecule has 8 heteroatoms. The summed E-state index contributed by atoms with van der Waals surface area (Å²) in [5.41, 5.74) is 2.57. The molecule has 1 heterocycles. The van der Waals surface area contributed by atoms with E-state index in [1.165, 1.54) is 18.2 Å². The van der Waals surface area contributed by atoms with Gasteiger partial charge in [0.1, 0.15) is 11.8 Å². The summed E-state index contributed by atoms with van der Waals surface area (Å²) in [4.78, 5) is 22.5. The molecule has 0 bridgehead atoms. The number of hydrogen-bond donors (Lipinski definition) is 0. The van der Waals surface area contributed by atoms with E-state index in [4.69, 9.17) is 16.3 Å². The molecule has 1 aromatic heterocycles. The number of para-hydroxylation sites is 1. The van der Waals surface area contributed by atoms with E-state index in [-0.39, 0.29) is 12.3 Å². The summed E-state index contributed by atoms with van der Waals surface area (Å²) in [5, 5.41) is 15.8. The largest absolute Gasteiger partial charge is 0.457 e. The fraction of sp³-hybridized carbons (Fsp3) is 0.143. The van der Waals surface area contributed by atoms with Crippen LogP contribution in [-0.4, -0.2) is 20.7 Å². The molecule has 0 saturated heterocycles. The minimum Gasteiger partial charge on any atom is -0.457 e. The maximum Gasteiger partial charge on any atom is 0.331 e. The molecule has 0 atom stereocenters. The molecule has 0 aliphatic carbocycles. The lowest BCUT2D eigenvalue weighted by molar-refractivity contribution is -0.385. The second kappa shape index (κ2) is 9.16. The van der Waals surface area contributed by atoms with E-state index in [9.17, 15) is 14.9 Å². The highest BCUT2D eigenvalue weighted by molar-refractivity contribution is 6.31. The first-order valence-corrected chi connectivity index (χ1v) is 9.17. The fourth-order valence-electron chi connectivity index (χ4n) is 2.78. The Hall–Kier alpha value is -3.45. The van der Waals surface area contributed by atoms with Crippen LogP contribution in [0.5, 0.6) is 0 Å². The van der Waals surface area contributed by atoms with Gasteiger partial charge in [0.15, 0.2) is 0 Å². The summed E-state index contributed by atoms with van der Waals surface area (Å²) >= 11 is 6.41. The molecule has 0 saturated carbocycles. The van der Waals surface area contributed by atoms with E-state index in [0.29, 0.717) is 28.5 Å². The summed E-state index contributed by atoms with van der Waals surface area (Å²) in [6.45, 7) is 2.11. The second-order valence-electron chi connectivity index (χ2n) is 6.26. The van der Waals surface area contributed by atoms with Crippen molar-refractivity contribution in [2.45, 2.75) is 20.1 Å². The van der Waals surface area contributed by atoms with Crippen molar-refractivity contribution in [2.24, 2.45) is 0 Å². The highest BCUT2D eigenvalue weighted by Gasteiger charge is 2.14. The summed E-state index contributed by atoms with van der Waals surface area (Å²) in [6, 6.07) is 15.9. The van der Waals surface area contributed by atoms with Crippen molar-refractivity contribution in [1.82, 2.24) is 9.78 Å². The molecule has 7 nitrogen and oxygen atoms in total. The van der Waals surface area contributed by atoms with Crippen molar-refractivity contribution < 1.29 is 14.5 Å². The number of aryl methyl sites for hydroxylation is 1. The average molecular weight is 412 g/mol. The van der Waals surface area contributed by atoms with E-state index in [0.717, 1.165) is 5.56 Å². The predicted octanol–water partition coefficient (Wildman–Crippen LogP) is 4.56. The maximum atomic E-state index is 12.0. The lowest BCUT2D eigenvalue weighted by Gasteiger charge is -2.04. The quantitative estimate of drug-likeness (QED) is 0.246. The van der Waals surface area contributed by atoms with Crippen LogP contribution >= 0.6 is 11.6 Å². The first-order chi connectivity index (χ1) is 14.0. The maximum absolute atomic E-state index is 12.0. The molecule has 0 N–H and O–H groups in total. The number of ether oxygens (including phenoxy) is 1. The van der Waals surface area contributed by atoms with Gasteiger partial charge in [0, 0.05) is 17.7 Å². The number of aromatic nitrogens is 2. The van der Waals surface area contributed by atoms with E-state index >= 15 is 0 Å². The van der Waals surface area contributed by atoms with Crippen LogP contribution in [0, 0.1) is 17.0 Å². The van der Waals surface area contributed by atoms with Gasteiger partial charge in [-0.1, -0.05) is 54.1 Å². The third kappa shape index (κ3) is 5.08. The summed E-state index contributed by atoms with van der Waals surface area (Å²) in [5.74, 6) is -0.630. The first kappa shape index (κ1) is 20.3. The number of carbonyl (C=O) groups excluding carboxylic acids is 1. The number of rotatable bonds is 7. The second-order valence-corrected chi connectivity index (χ2v) is 6.62. The number of nitro benzene ring substituents is 1. The lowest BCUT2D eigenvalue weighted by atomic mass is 10.2. The molecule has 0 unspecified atom stereocenters. The van der Waals surface area contributed by atoms with Crippen LogP contribution in [-0.2, 0) is 22.7 Å². The van der Waals surface area contributed by atoms with E-state index in [2.05, 4.69) is 5.10 Å². The summed E-state index contributed by atoms with van der Waals surface area (Å²) in [7, 11) is 0.